The number of carbonyl (C=O) groups excluding carboxylic acids is 1. The Balaban J connectivity index is 1.74. The van der Waals surface area contributed by atoms with E-state index in [1.165, 1.54) is 5.56 Å². The average molecular weight is 429 g/mol. The molecule has 0 unspecified atom stereocenters. The number of hydrogen-bond acceptors (Lipinski definition) is 4. The number of halogens is 1. The van der Waals surface area contributed by atoms with E-state index in [4.69, 9.17) is 40.8 Å². The number of ether oxygens (including phenoxy) is 1. The maximum Gasteiger partial charge on any atom is 0.307 e. The molecule has 1 fully saturated rings. The highest BCUT2D eigenvalue weighted by atomic mass is 35.5. The summed E-state index contributed by atoms with van der Waals surface area (Å²) >= 11 is 16.9. The number of esters is 1. The molecule has 2 N–H and O–H groups in total. The van der Waals surface area contributed by atoms with Gasteiger partial charge in [0.15, 0.2) is 10.2 Å². The lowest BCUT2D eigenvalue weighted by Crippen LogP contribution is -2.52. The smallest absolute Gasteiger partial charge is 0.307 e. The molecule has 0 amide bonds. The maximum atomic E-state index is 11.4. The van der Waals surface area contributed by atoms with E-state index in [1.54, 1.807) is 6.92 Å². The van der Waals surface area contributed by atoms with E-state index < -0.39 is 0 Å². The highest BCUT2D eigenvalue weighted by molar-refractivity contribution is 7.80. The van der Waals surface area contributed by atoms with Crippen molar-refractivity contribution >= 4 is 52.2 Å². The summed E-state index contributed by atoms with van der Waals surface area (Å²) in [5, 5.41) is 12.2. The van der Waals surface area contributed by atoms with Gasteiger partial charge in [0.05, 0.1) is 13.0 Å². The van der Waals surface area contributed by atoms with E-state index in [2.05, 4.69) is 10.6 Å². The summed E-state index contributed by atoms with van der Waals surface area (Å²) < 4.78 is 4.91. The van der Waals surface area contributed by atoms with E-state index >= 15 is 0 Å². The first-order valence-corrected chi connectivity index (χ1v) is 10.2. The summed E-state index contributed by atoms with van der Waals surface area (Å²) in [4.78, 5) is 11.4. The fourth-order valence-corrected chi connectivity index (χ4v) is 3.40. The third-order valence-electron chi connectivity index (χ3n) is 4.01. The van der Waals surface area contributed by atoms with Crippen molar-refractivity contribution in [1.29, 1.82) is 0 Å². The Bertz CT molecular complexity index is 657. The monoisotopic (exact) mass is 428 g/mol. The molecule has 0 saturated carbocycles. The largest absolute Gasteiger partial charge is 0.466 e. The number of thiocarbonyl (C=S) groups is 2. The molecule has 6 nitrogen and oxygen atoms in total. The first kappa shape index (κ1) is 21.7. The van der Waals surface area contributed by atoms with Crippen LogP contribution in [0.5, 0.6) is 0 Å². The van der Waals surface area contributed by atoms with Crippen molar-refractivity contribution < 1.29 is 9.53 Å². The standard InChI is InChI=1S/C18H25ClN4O2S2/c1-2-25-16(24)9-11-21-18(27)23-13-3-12-22(23)17(26)20-10-8-14-4-6-15(19)7-5-14/h4-7H,2-3,8-13H2,1H3,(H,20,26)(H,21,27). The third kappa shape index (κ3) is 7.12. The van der Waals surface area contributed by atoms with Gasteiger partial charge in [-0.2, -0.15) is 0 Å². The number of nitrogens with one attached hydrogen (secondary N) is 2. The molecule has 0 aliphatic carbocycles. The van der Waals surface area contributed by atoms with Crippen LogP contribution in [0.2, 0.25) is 5.02 Å². The molecule has 0 bridgehead atoms. The third-order valence-corrected chi connectivity index (χ3v) is 4.98. The van der Waals surface area contributed by atoms with Gasteiger partial charge in [-0.15, -0.1) is 0 Å². The molecule has 1 aliphatic rings. The van der Waals surface area contributed by atoms with Crippen molar-refractivity contribution in [2.75, 3.05) is 32.8 Å². The molecule has 2 rings (SSSR count). The predicted octanol–water partition coefficient (Wildman–Crippen LogP) is 2.51. The first-order chi connectivity index (χ1) is 13.0. The van der Waals surface area contributed by atoms with Crippen LogP contribution in [0, 0.1) is 0 Å². The number of hydrazine groups is 1. The Kier molecular flexibility index (Phi) is 9.03. The molecule has 1 aromatic rings. The van der Waals surface area contributed by atoms with Crippen molar-refractivity contribution in [3.63, 3.8) is 0 Å². The summed E-state index contributed by atoms with van der Waals surface area (Å²) in [5.41, 5.74) is 1.20. The SMILES string of the molecule is CCOC(=O)CCNC(=S)N1CCCN1C(=S)NCCc1ccc(Cl)cc1. The van der Waals surface area contributed by atoms with Crippen molar-refractivity contribution in [2.24, 2.45) is 0 Å². The number of hydrogen-bond donors (Lipinski definition) is 2. The van der Waals surface area contributed by atoms with Crippen molar-refractivity contribution in [1.82, 2.24) is 20.7 Å². The molecule has 0 aromatic heterocycles. The molecule has 1 saturated heterocycles. The molecule has 1 aromatic carbocycles. The second-order valence-corrected chi connectivity index (χ2v) is 7.21. The van der Waals surface area contributed by atoms with Crippen LogP contribution in [-0.2, 0) is 16.0 Å². The zero-order valence-electron chi connectivity index (χ0n) is 15.4. The Morgan fingerprint density at radius 3 is 2.30 bits per heavy atom. The van der Waals surface area contributed by atoms with Crippen LogP contribution in [-0.4, -0.2) is 59.0 Å². The summed E-state index contributed by atoms with van der Waals surface area (Å²) in [6.07, 6.45) is 2.11. The second kappa shape index (κ2) is 11.3. The molecule has 0 atom stereocenters. The summed E-state index contributed by atoms with van der Waals surface area (Å²) in [6.45, 7) is 4.96. The predicted molar refractivity (Wildman–Crippen MR) is 116 cm³/mol. The van der Waals surface area contributed by atoms with Gasteiger partial charge >= 0.3 is 5.97 Å². The highest BCUT2D eigenvalue weighted by Gasteiger charge is 2.26. The maximum absolute atomic E-state index is 11.4. The number of carbonyl (C=O) groups is 1. The minimum Gasteiger partial charge on any atom is -0.466 e. The van der Waals surface area contributed by atoms with Crippen LogP contribution < -0.4 is 10.6 Å². The lowest BCUT2D eigenvalue weighted by molar-refractivity contribution is -0.142. The van der Waals surface area contributed by atoms with Gasteiger partial charge in [0.1, 0.15) is 0 Å². The van der Waals surface area contributed by atoms with E-state index in [-0.39, 0.29) is 12.4 Å². The fourth-order valence-electron chi connectivity index (χ4n) is 2.69. The summed E-state index contributed by atoms with van der Waals surface area (Å²) in [6, 6.07) is 7.80. The van der Waals surface area contributed by atoms with Gasteiger partial charge in [-0.25, -0.2) is 0 Å². The molecular formula is C18H25ClN4O2S2. The molecule has 27 heavy (non-hydrogen) atoms. The van der Waals surface area contributed by atoms with Crippen LogP contribution in [0.4, 0.5) is 0 Å². The summed E-state index contributed by atoms with van der Waals surface area (Å²) in [7, 11) is 0. The van der Waals surface area contributed by atoms with E-state index in [0.29, 0.717) is 23.4 Å². The molecular weight excluding hydrogens is 404 g/mol. The van der Waals surface area contributed by atoms with Gasteiger partial charge < -0.3 is 15.4 Å². The van der Waals surface area contributed by atoms with Gasteiger partial charge in [0.25, 0.3) is 0 Å². The van der Waals surface area contributed by atoms with E-state index in [0.717, 1.165) is 37.5 Å². The Morgan fingerprint density at radius 2 is 1.70 bits per heavy atom. The van der Waals surface area contributed by atoms with E-state index in [9.17, 15) is 4.79 Å². The van der Waals surface area contributed by atoms with Crippen LogP contribution in [0.3, 0.4) is 0 Å². The van der Waals surface area contributed by atoms with Crippen LogP contribution in [0.1, 0.15) is 25.3 Å². The normalized spacial score (nSPS) is 13.4. The minimum atomic E-state index is -0.231. The Labute approximate surface area is 176 Å². The van der Waals surface area contributed by atoms with Crippen LogP contribution in [0.25, 0.3) is 0 Å². The van der Waals surface area contributed by atoms with Crippen molar-refractivity contribution in [3.8, 4) is 0 Å². The van der Waals surface area contributed by atoms with Gasteiger partial charge in [-0.1, -0.05) is 23.7 Å². The van der Waals surface area contributed by atoms with Gasteiger partial charge in [0, 0.05) is 31.2 Å². The van der Waals surface area contributed by atoms with Gasteiger partial charge in [-0.3, -0.25) is 14.8 Å². The number of benzene rings is 1. The van der Waals surface area contributed by atoms with Crippen LogP contribution in [0.15, 0.2) is 24.3 Å². The van der Waals surface area contributed by atoms with Gasteiger partial charge in [-0.05, 0) is 61.9 Å². The average Bonchev–Trinajstić information content (AvgIpc) is 3.13. The molecule has 1 heterocycles. The number of nitrogens with zero attached hydrogens (tertiary/aromatic N) is 2. The van der Waals surface area contributed by atoms with Crippen molar-refractivity contribution in [2.45, 2.75) is 26.2 Å². The lowest BCUT2D eigenvalue weighted by Gasteiger charge is -2.32. The highest BCUT2D eigenvalue weighted by Crippen LogP contribution is 2.12. The molecule has 9 heteroatoms. The quantitative estimate of drug-likeness (QED) is 0.507. The van der Waals surface area contributed by atoms with Crippen LogP contribution >= 0.6 is 36.0 Å². The van der Waals surface area contributed by atoms with Crippen molar-refractivity contribution in [3.05, 3.63) is 34.9 Å². The Hall–Kier alpha value is -1.64. The molecule has 148 valence electrons. The minimum absolute atomic E-state index is 0.231. The zero-order valence-corrected chi connectivity index (χ0v) is 17.8. The molecule has 1 aliphatic heterocycles. The lowest BCUT2D eigenvalue weighted by atomic mass is 10.1. The first-order valence-electron chi connectivity index (χ1n) is 9.02. The fraction of sp³-hybridized carbons (Fsp3) is 0.500. The Morgan fingerprint density at radius 1 is 1.11 bits per heavy atom. The zero-order chi connectivity index (χ0) is 19.6. The molecule has 0 radical (unpaired) electrons. The number of rotatable bonds is 7. The summed E-state index contributed by atoms with van der Waals surface area (Å²) in [5.74, 6) is -0.231. The topological polar surface area (TPSA) is 56.8 Å². The van der Waals surface area contributed by atoms with E-state index in [1.807, 2.05) is 34.3 Å². The second-order valence-electron chi connectivity index (χ2n) is 6.00. The van der Waals surface area contributed by atoms with Gasteiger partial charge in [0.2, 0.25) is 0 Å². The molecule has 0 spiro atoms.